The fraction of sp³-hybridized carbons (Fsp3) is 0.458. The predicted octanol–water partition coefficient (Wildman–Crippen LogP) is 6.09. The van der Waals surface area contributed by atoms with E-state index < -0.39 is 0 Å². The molecule has 0 saturated carbocycles. The number of rotatable bonds is 1. The van der Waals surface area contributed by atoms with Crippen LogP contribution >= 0.6 is 0 Å². The molecule has 1 aliphatic heterocycles. The van der Waals surface area contributed by atoms with E-state index in [1.807, 2.05) is 0 Å². The minimum absolute atomic E-state index is 0. The van der Waals surface area contributed by atoms with E-state index in [-0.39, 0.29) is 36.4 Å². The van der Waals surface area contributed by atoms with Crippen LogP contribution in [0.4, 0.5) is 17.1 Å². The van der Waals surface area contributed by atoms with Crippen LogP contribution in [-0.2, 0) is 30.9 Å². The van der Waals surface area contributed by atoms with Crippen molar-refractivity contribution in [2.75, 3.05) is 16.8 Å². The molecule has 2 nitrogen and oxygen atoms in total. The van der Waals surface area contributed by atoms with Gasteiger partial charge in [-0.25, -0.2) is 0 Å². The molecule has 147 valence electrons. The van der Waals surface area contributed by atoms with E-state index in [0.29, 0.717) is 0 Å². The monoisotopic (exact) mass is 539 g/mol. The largest absolute Gasteiger partial charge is 0.504 e. The van der Waals surface area contributed by atoms with Crippen LogP contribution in [0.1, 0.15) is 58.2 Å². The first-order valence-electron chi connectivity index (χ1n) is 9.54. The molecule has 2 aromatic carbocycles. The number of hydrogen-bond donors (Lipinski definition) is 0. The van der Waals surface area contributed by atoms with Crippen LogP contribution in [0.5, 0.6) is 0 Å². The average molecular weight is 539 g/mol. The van der Waals surface area contributed by atoms with Crippen molar-refractivity contribution < 1.29 is 20.1 Å². The zero-order chi connectivity index (χ0) is 19.1. The van der Waals surface area contributed by atoms with Crippen molar-refractivity contribution in [2.45, 2.75) is 59.3 Å². The molecular formula is C24H30IrN2-2. The third kappa shape index (κ3) is 2.47. The van der Waals surface area contributed by atoms with Gasteiger partial charge in [-0.1, -0.05) is 60.6 Å². The number of hydrogen-bond acceptors (Lipinski definition) is 2. The van der Waals surface area contributed by atoms with E-state index in [1.54, 1.807) is 0 Å². The van der Waals surface area contributed by atoms with E-state index in [2.05, 4.69) is 108 Å². The summed E-state index contributed by atoms with van der Waals surface area (Å²) in [6.07, 6.45) is 0. The molecular weight excluding hydrogens is 508 g/mol. The Labute approximate surface area is 178 Å². The van der Waals surface area contributed by atoms with Crippen molar-refractivity contribution in [1.82, 2.24) is 0 Å². The fourth-order valence-corrected chi connectivity index (χ4v) is 5.02. The minimum Gasteiger partial charge on any atom is -0.504 e. The van der Waals surface area contributed by atoms with Gasteiger partial charge < -0.3 is 9.80 Å². The van der Waals surface area contributed by atoms with Crippen LogP contribution in [-0.4, -0.2) is 7.05 Å². The summed E-state index contributed by atoms with van der Waals surface area (Å²) in [5.41, 5.74) is 8.22. The molecule has 0 N–H and O–H groups in total. The van der Waals surface area contributed by atoms with Gasteiger partial charge in [0.2, 0.25) is 0 Å². The second-order valence-electron chi connectivity index (χ2n) is 9.53. The van der Waals surface area contributed by atoms with Crippen molar-refractivity contribution >= 4 is 17.1 Å². The number of fused-ring (bicyclic) bond motifs is 2. The van der Waals surface area contributed by atoms with Crippen molar-refractivity contribution in [2.24, 2.45) is 5.41 Å². The molecule has 1 heterocycles. The molecule has 0 unspecified atom stereocenters. The van der Waals surface area contributed by atoms with Crippen molar-refractivity contribution in [3.05, 3.63) is 59.8 Å². The van der Waals surface area contributed by atoms with Gasteiger partial charge in [0, 0.05) is 31.5 Å². The summed E-state index contributed by atoms with van der Waals surface area (Å²) in [6.45, 7) is 18.8. The first-order chi connectivity index (χ1) is 12.0. The Hall–Kier alpha value is -1.31. The maximum absolute atomic E-state index is 3.71. The van der Waals surface area contributed by atoms with E-state index in [1.165, 1.54) is 28.1 Å². The van der Waals surface area contributed by atoms with Gasteiger partial charge in [0.05, 0.1) is 0 Å². The van der Waals surface area contributed by atoms with Crippen LogP contribution in [0.25, 0.3) is 0 Å². The standard InChI is InChI=1S/C24H30N2.Ir/c1-16-13-17(26-15-25(8)19-11-9-10-12-20(19)26)14-18-21(16)23(4,5)24(6,7)22(18,2)3;/h9-12,14-15H,1-8H3;/q-2;. The minimum atomic E-state index is 0. The van der Waals surface area contributed by atoms with Crippen LogP contribution < -0.4 is 9.80 Å². The molecule has 0 atom stereocenters. The van der Waals surface area contributed by atoms with Crippen molar-refractivity contribution in [1.29, 1.82) is 0 Å². The molecule has 27 heavy (non-hydrogen) atoms. The van der Waals surface area contributed by atoms with Gasteiger partial charge in [-0.15, -0.1) is 22.9 Å². The van der Waals surface area contributed by atoms with E-state index in [4.69, 9.17) is 0 Å². The van der Waals surface area contributed by atoms with Crippen LogP contribution in [0, 0.1) is 25.1 Å². The molecule has 3 heteroatoms. The summed E-state index contributed by atoms with van der Waals surface area (Å²) in [5.74, 6) is 0. The third-order valence-corrected chi connectivity index (χ3v) is 7.73. The second-order valence-corrected chi connectivity index (χ2v) is 9.53. The Bertz CT molecular complexity index is 895. The number of aryl methyl sites for hydroxylation is 1. The van der Waals surface area contributed by atoms with E-state index in [9.17, 15) is 0 Å². The summed E-state index contributed by atoms with van der Waals surface area (Å²) in [6, 6.07) is 14.6. The maximum Gasteiger partial charge on any atom is 0.0326 e. The summed E-state index contributed by atoms with van der Waals surface area (Å²) in [5, 5.41) is 0. The van der Waals surface area contributed by atoms with Crippen molar-refractivity contribution in [3.63, 3.8) is 0 Å². The van der Waals surface area contributed by atoms with Gasteiger partial charge in [-0.05, 0) is 35.4 Å². The number of benzene rings is 2. The van der Waals surface area contributed by atoms with Crippen molar-refractivity contribution in [3.8, 4) is 0 Å². The van der Waals surface area contributed by atoms with Crippen LogP contribution in [0.3, 0.4) is 0 Å². The van der Waals surface area contributed by atoms with E-state index in [0.717, 1.165) is 5.69 Å². The molecule has 0 fully saturated rings. The topological polar surface area (TPSA) is 6.48 Å². The number of nitrogens with zero attached hydrogens (tertiary/aromatic N) is 2. The maximum atomic E-state index is 3.71. The second kappa shape index (κ2) is 6.09. The Morgan fingerprint density at radius 2 is 1.52 bits per heavy atom. The Morgan fingerprint density at radius 3 is 2.15 bits per heavy atom. The smallest absolute Gasteiger partial charge is 0.0326 e. The van der Waals surface area contributed by atoms with Crippen LogP contribution in [0.2, 0.25) is 0 Å². The first-order valence-corrected chi connectivity index (χ1v) is 9.54. The summed E-state index contributed by atoms with van der Waals surface area (Å²) in [4.78, 5) is 4.46. The molecule has 1 radical (unpaired) electrons. The van der Waals surface area contributed by atoms with E-state index >= 15 is 0 Å². The SMILES string of the molecule is Cc1[c-]c(N2[CH-]N(C)c3ccccc32)cc2c1C(C)(C)C(C)(C)C2(C)C.[Ir]. The normalized spacial score (nSPS) is 20.9. The molecule has 0 bridgehead atoms. The molecule has 0 aromatic heterocycles. The zero-order valence-corrected chi connectivity index (χ0v) is 20.1. The molecule has 4 rings (SSSR count). The molecule has 2 aromatic rings. The van der Waals surface area contributed by atoms with Crippen LogP contribution in [0.15, 0.2) is 30.3 Å². The van der Waals surface area contributed by atoms with Gasteiger partial charge >= 0.3 is 0 Å². The molecule has 2 aliphatic rings. The molecule has 1 aliphatic carbocycles. The predicted molar refractivity (Wildman–Crippen MR) is 111 cm³/mol. The van der Waals surface area contributed by atoms with Gasteiger partial charge in [-0.3, -0.25) is 0 Å². The number of anilines is 3. The summed E-state index contributed by atoms with van der Waals surface area (Å²) in [7, 11) is 2.11. The molecule has 0 spiro atoms. The summed E-state index contributed by atoms with van der Waals surface area (Å²) < 4.78 is 0. The Kier molecular flexibility index (Phi) is 4.61. The third-order valence-electron chi connectivity index (χ3n) is 7.73. The average Bonchev–Trinajstić information content (AvgIpc) is 2.95. The first kappa shape index (κ1) is 20.4. The van der Waals surface area contributed by atoms with Gasteiger partial charge in [0.1, 0.15) is 0 Å². The number of para-hydroxylation sites is 2. The fourth-order valence-electron chi connectivity index (χ4n) is 5.02. The quantitative estimate of drug-likeness (QED) is 0.405. The Balaban J connectivity index is 0.00000210. The van der Waals surface area contributed by atoms with Gasteiger partial charge in [0.25, 0.3) is 0 Å². The van der Waals surface area contributed by atoms with Gasteiger partial charge in [0.15, 0.2) is 0 Å². The zero-order valence-electron chi connectivity index (χ0n) is 17.7. The molecule has 0 saturated heterocycles. The molecule has 0 amide bonds. The summed E-state index contributed by atoms with van der Waals surface area (Å²) >= 11 is 0. The van der Waals surface area contributed by atoms with Gasteiger partial charge in [-0.2, -0.15) is 18.3 Å². The Morgan fingerprint density at radius 1 is 0.926 bits per heavy atom.